The minimum Gasteiger partial charge on any atom is -0.465 e. The number of rotatable bonds is 3. The standard InChI is InChI=1S/C27H31NO2/c1-19-18-28(16-15-27(19)14-13-21-5-3-4-6-25(21)27)24-12-11-23(17-24)20-7-9-22(10-8-20)26(29)30-2/h3-10,13-14,19,23-24H,11-12,15-18H2,1-2H3. The molecule has 0 bridgehead atoms. The summed E-state index contributed by atoms with van der Waals surface area (Å²) in [5.41, 5.74) is 5.17. The third kappa shape index (κ3) is 3.20. The number of allylic oxidation sites excluding steroid dienone is 1. The van der Waals surface area contributed by atoms with Gasteiger partial charge in [-0.2, -0.15) is 0 Å². The van der Waals surface area contributed by atoms with Gasteiger partial charge in [-0.1, -0.05) is 55.5 Å². The van der Waals surface area contributed by atoms with E-state index < -0.39 is 0 Å². The van der Waals surface area contributed by atoms with Crippen LogP contribution < -0.4 is 0 Å². The molecule has 3 nitrogen and oxygen atoms in total. The van der Waals surface area contributed by atoms with Crippen molar-refractivity contribution >= 4 is 12.0 Å². The van der Waals surface area contributed by atoms with E-state index in [1.165, 1.54) is 62.6 Å². The molecule has 156 valence electrons. The molecule has 0 radical (unpaired) electrons. The van der Waals surface area contributed by atoms with E-state index in [0.29, 0.717) is 23.4 Å². The van der Waals surface area contributed by atoms with E-state index in [2.05, 4.69) is 60.4 Å². The van der Waals surface area contributed by atoms with Crippen LogP contribution in [0.4, 0.5) is 0 Å². The molecule has 0 aromatic heterocycles. The molecule has 2 aliphatic carbocycles. The van der Waals surface area contributed by atoms with Gasteiger partial charge in [-0.25, -0.2) is 4.79 Å². The second-order valence-electron chi connectivity index (χ2n) is 9.38. The summed E-state index contributed by atoms with van der Waals surface area (Å²) in [6, 6.07) is 17.7. The quantitative estimate of drug-likeness (QED) is 0.644. The van der Waals surface area contributed by atoms with E-state index in [9.17, 15) is 4.79 Å². The Morgan fingerprint density at radius 1 is 1.10 bits per heavy atom. The van der Waals surface area contributed by atoms with Gasteiger partial charge < -0.3 is 9.64 Å². The van der Waals surface area contributed by atoms with Gasteiger partial charge >= 0.3 is 5.97 Å². The molecule has 4 unspecified atom stereocenters. The summed E-state index contributed by atoms with van der Waals surface area (Å²) in [4.78, 5) is 14.4. The number of hydrogen-bond acceptors (Lipinski definition) is 3. The maximum Gasteiger partial charge on any atom is 0.337 e. The minimum atomic E-state index is -0.260. The molecule has 4 atom stereocenters. The van der Waals surface area contributed by atoms with Gasteiger partial charge in [-0.3, -0.25) is 0 Å². The molecule has 0 amide bonds. The molecule has 5 rings (SSSR count). The van der Waals surface area contributed by atoms with E-state index in [1.54, 1.807) is 0 Å². The molecule has 30 heavy (non-hydrogen) atoms. The Kier molecular flexibility index (Phi) is 5.02. The number of benzene rings is 2. The lowest BCUT2D eigenvalue weighted by molar-refractivity contribution is 0.0600. The van der Waals surface area contributed by atoms with Crippen molar-refractivity contribution in [3.05, 3.63) is 76.9 Å². The molecule has 0 N–H and O–H groups in total. The average molecular weight is 402 g/mol. The predicted molar refractivity (Wildman–Crippen MR) is 121 cm³/mol. The Morgan fingerprint density at radius 2 is 1.90 bits per heavy atom. The third-order valence-electron chi connectivity index (χ3n) is 7.95. The molecular weight excluding hydrogens is 370 g/mol. The van der Waals surface area contributed by atoms with Crippen molar-refractivity contribution in [2.45, 2.75) is 50.0 Å². The lowest BCUT2D eigenvalue weighted by atomic mass is 9.68. The molecule has 2 fully saturated rings. The van der Waals surface area contributed by atoms with Gasteiger partial charge in [-0.05, 0) is 72.9 Å². The van der Waals surface area contributed by atoms with Crippen molar-refractivity contribution in [2.75, 3.05) is 20.2 Å². The normalized spacial score (nSPS) is 30.5. The number of fused-ring (bicyclic) bond motifs is 2. The maximum absolute atomic E-state index is 11.7. The van der Waals surface area contributed by atoms with Crippen molar-refractivity contribution in [1.29, 1.82) is 0 Å². The Bertz CT molecular complexity index is 963. The van der Waals surface area contributed by atoms with E-state index in [0.717, 1.165) is 0 Å². The van der Waals surface area contributed by atoms with Gasteiger partial charge in [0.25, 0.3) is 0 Å². The van der Waals surface area contributed by atoms with Crippen LogP contribution >= 0.6 is 0 Å². The number of methoxy groups -OCH3 is 1. The zero-order chi connectivity index (χ0) is 20.7. The molecule has 1 aliphatic heterocycles. The van der Waals surface area contributed by atoms with Crippen molar-refractivity contribution in [1.82, 2.24) is 4.90 Å². The number of likely N-dealkylation sites (tertiary alicyclic amines) is 1. The summed E-state index contributed by atoms with van der Waals surface area (Å²) >= 11 is 0. The molecule has 2 aromatic carbocycles. The highest BCUT2D eigenvalue weighted by Gasteiger charge is 2.45. The Labute approximate surface area is 179 Å². The Balaban J connectivity index is 1.25. The van der Waals surface area contributed by atoms with Crippen LogP contribution in [-0.4, -0.2) is 37.1 Å². The van der Waals surface area contributed by atoms with E-state index in [4.69, 9.17) is 4.74 Å². The molecule has 3 heteroatoms. The van der Waals surface area contributed by atoms with Crippen LogP contribution in [0, 0.1) is 5.92 Å². The number of carbonyl (C=O) groups is 1. The summed E-state index contributed by atoms with van der Waals surface area (Å²) in [5, 5.41) is 0. The lowest BCUT2D eigenvalue weighted by Gasteiger charge is -2.46. The molecule has 1 heterocycles. The fraction of sp³-hybridized carbons (Fsp3) is 0.444. The van der Waals surface area contributed by atoms with Crippen LogP contribution in [0.25, 0.3) is 6.08 Å². The number of ether oxygens (including phenoxy) is 1. The molecule has 1 saturated heterocycles. The van der Waals surface area contributed by atoms with Crippen LogP contribution in [0.2, 0.25) is 0 Å². The summed E-state index contributed by atoms with van der Waals surface area (Å²) in [6.07, 6.45) is 9.78. The molecule has 1 spiro atoms. The maximum atomic E-state index is 11.7. The predicted octanol–water partition coefficient (Wildman–Crippen LogP) is 5.42. The fourth-order valence-corrected chi connectivity index (χ4v) is 6.16. The lowest BCUT2D eigenvalue weighted by Crippen LogP contribution is -2.50. The molecule has 2 aromatic rings. The Morgan fingerprint density at radius 3 is 2.67 bits per heavy atom. The molecular formula is C27H31NO2. The van der Waals surface area contributed by atoms with Crippen molar-refractivity contribution in [2.24, 2.45) is 5.92 Å². The first-order valence-corrected chi connectivity index (χ1v) is 11.3. The van der Waals surface area contributed by atoms with Crippen LogP contribution in [0.15, 0.2) is 54.6 Å². The molecule has 1 saturated carbocycles. The number of hydrogen-bond donors (Lipinski definition) is 0. The molecule has 3 aliphatic rings. The van der Waals surface area contributed by atoms with Gasteiger partial charge in [0, 0.05) is 18.0 Å². The topological polar surface area (TPSA) is 29.5 Å². The number of nitrogens with zero attached hydrogens (tertiary/aromatic N) is 1. The summed E-state index contributed by atoms with van der Waals surface area (Å²) in [6.45, 7) is 4.80. The zero-order valence-electron chi connectivity index (χ0n) is 18.0. The van der Waals surface area contributed by atoms with Gasteiger partial charge in [0.1, 0.15) is 0 Å². The first-order valence-electron chi connectivity index (χ1n) is 11.3. The first-order chi connectivity index (χ1) is 14.6. The van der Waals surface area contributed by atoms with Crippen LogP contribution in [0.3, 0.4) is 0 Å². The van der Waals surface area contributed by atoms with E-state index in [-0.39, 0.29) is 11.4 Å². The third-order valence-corrected chi connectivity index (χ3v) is 7.95. The largest absolute Gasteiger partial charge is 0.465 e. The van der Waals surface area contributed by atoms with Crippen molar-refractivity contribution < 1.29 is 9.53 Å². The summed E-state index contributed by atoms with van der Waals surface area (Å²) in [5.74, 6) is 0.967. The van der Waals surface area contributed by atoms with Gasteiger partial charge in [0.15, 0.2) is 0 Å². The summed E-state index contributed by atoms with van der Waals surface area (Å²) in [7, 11) is 1.43. The monoisotopic (exact) mass is 401 g/mol. The number of esters is 1. The van der Waals surface area contributed by atoms with Crippen molar-refractivity contribution in [3.63, 3.8) is 0 Å². The van der Waals surface area contributed by atoms with Crippen LogP contribution in [-0.2, 0) is 10.2 Å². The van der Waals surface area contributed by atoms with E-state index >= 15 is 0 Å². The minimum absolute atomic E-state index is 0.231. The smallest absolute Gasteiger partial charge is 0.337 e. The van der Waals surface area contributed by atoms with Gasteiger partial charge in [-0.15, -0.1) is 0 Å². The second-order valence-corrected chi connectivity index (χ2v) is 9.38. The zero-order valence-corrected chi connectivity index (χ0v) is 18.0. The van der Waals surface area contributed by atoms with Crippen LogP contribution in [0.1, 0.15) is 65.6 Å². The Hall–Kier alpha value is -2.39. The van der Waals surface area contributed by atoms with Gasteiger partial charge in [0.2, 0.25) is 0 Å². The number of piperidine rings is 1. The van der Waals surface area contributed by atoms with Crippen molar-refractivity contribution in [3.8, 4) is 0 Å². The highest BCUT2D eigenvalue weighted by molar-refractivity contribution is 5.89. The SMILES string of the molecule is COC(=O)c1ccc(C2CCC(N3CCC4(C=Cc5ccccc54)C(C)C3)C2)cc1. The van der Waals surface area contributed by atoms with E-state index in [1.807, 2.05) is 12.1 Å². The van der Waals surface area contributed by atoms with Gasteiger partial charge in [0.05, 0.1) is 12.7 Å². The fourth-order valence-electron chi connectivity index (χ4n) is 6.16. The van der Waals surface area contributed by atoms with Crippen LogP contribution in [0.5, 0.6) is 0 Å². The first kappa shape index (κ1) is 19.6. The summed E-state index contributed by atoms with van der Waals surface area (Å²) < 4.78 is 4.82. The average Bonchev–Trinajstić information content (AvgIpc) is 3.42. The highest BCUT2D eigenvalue weighted by atomic mass is 16.5. The highest BCUT2D eigenvalue weighted by Crippen LogP contribution is 2.48. The second kappa shape index (κ2) is 7.70. The number of carbonyl (C=O) groups excluding carboxylic acids is 1.